The van der Waals surface area contributed by atoms with E-state index < -0.39 is 0 Å². The van der Waals surface area contributed by atoms with Gasteiger partial charge in [-0.05, 0) is 31.9 Å². The van der Waals surface area contributed by atoms with E-state index in [-0.39, 0.29) is 6.04 Å². The van der Waals surface area contributed by atoms with Gasteiger partial charge in [0.2, 0.25) is 0 Å². The standard InChI is InChI=1S/C12H18N2O/c1-9-4-2-6-11(14-9)12(13)10-5-3-7-15-8-10/h2,4,6,10,12H,3,5,7-8,13H2,1H3. The monoisotopic (exact) mass is 206 g/mol. The Hall–Kier alpha value is -0.930. The van der Waals surface area contributed by atoms with Crippen LogP contribution in [0.3, 0.4) is 0 Å². The first-order chi connectivity index (χ1) is 7.27. The first-order valence-electron chi connectivity index (χ1n) is 5.54. The van der Waals surface area contributed by atoms with Gasteiger partial charge in [-0.25, -0.2) is 0 Å². The van der Waals surface area contributed by atoms with E-state index in [0.29, 0.717) is 5.92 Å². The number of rotatable bonds is 2. The van der Waals surface area contributed by atoms with Gasteiger partial charge in [-0.3, -0.25) is 4.98 Å². The predicted octanol–water partition coefficient (Wildman–Crippen LogP) is 1.82. The van der Waals surface area contributed by atoms with E-state index in [4.69, 9.17) is 10.5 Å². The second-order valence-corrected chi connectivity index (χ2v) is 4.21. The Bertz CT molecular complexity index is 321. The van der Waals surface area contributed by atoms with Crippen molar-refractivity contribution in [1.29, 1.82) is 0 Å². The number of pyridine rings is 1. The summed E-state index contributed by atoms with van der Waals surface area (Å²) < 4.78 is 5.45. The van der Waals surface area contributed by atoms with Gasteiger partial charge in [-0.2, -0.15) is 0 Å². The van der Waals surface area contributed by atoms with Crippen molar-refractivity contribution >= 4 is 0 Å². The molecular formula is C12H18N2O. The minimum Gasteiger partial charge on any atom is -0.381 e. The molecule has 1 aromatic heterocycles. The maximum absolute atomic E-state index is 6.20. The molecule has 1 aliphatic rings. The topological polar surface area (TPSA) is 48.1 Å². The first kappa shape index (κ1) is 10.6. The Morgan fingerprint density at radius 3 is 3.07 bits per heavy atom. The Balaban J connectivity index is 2.08. The minimum absolute atomic E-state index is 0.0187. The van der Waals surface area contributed by atoms with E-state index in [0.717, 1.165) is 37.4 Å². The summed E-state index contributed by atoms with van der Waals surface area (Å²) in [5.74, 6) is 0.424. The maximum Gasteiger partial charge on any atom is 0.0577 e. The molecule has 2 rings (SSSR count). The van der Waals surface area contributed by atoms with Crippen molar-refractivity contribution in [3.05, 3.63) is 29.6 Å². The Morgan fingerprint density at radius 2 is 2.40 bits per heavy atom. The van der Waals surface area contributed by atoms with Crippen molar-refractivity contribution in [2.24, 2.45) is 11.7 Å². The number of hydrogen-bond acceptors (Lipinski definition) is 3. The number of ether oxygens (including phenoxy) is 1. The molecule has 2 atom stereocenters. The molecule has 0 spiro atoms. The molecule has 0 amide bonds. The van der Waals surface area contributed by atoms with Crippen molar-refractivity contribution in [1.82, 2.24) is 4.98 Å². The molecular weight excluding hydrogens is 188 g/mol. The summed E-state index contributed by atoms with van der Waals surface area (Å²) in [7, 11) is 0. The lowest BCUT2D eigenvalue weighted by Crippen LogP contribution is -2.29. The molecule has 2 unspecified atom stereocenters. The van der Waals surface area contributed by atoms with Crippen molar-refractivity contribution < 1.29 is 4.74 Å². The van der Waals surface area contributed by atoms with Crippen molar-refractivity contribution in [2.45, 2.75) is 25.8 Å². The zero-order valence-corrected chi connectivity index (χ0v) is 9.15. The van der Waals surface area contributed by atoms with Crippen LogP contribution in [0.25, 0.3) is 0 Å². The van der Waals surface area contributed by atoms with Gasteiger partial charge in [0.05, 0.1) is 18.3 Å². The van der Waals surface area contributed by atoms with Gasteiger partial charge in [-0.1, -0.05) is 6.07 Å². The number of hydrogen-bond donors (Lipinski definition) is 1. The number of aryl methyl sites for hydroxylation is 1. The highest BCUT2D eigenvalue weighted by molar-refractivity contribution is 5.14. The Kier molecular flexibility index (Phi) is 3.34. The molecule has 1 saturated heterocycles. The van der Waals surface area contributed by atoms with Crippen molar-refractivity contribution in [3.63, 3.8) is 0 Å². The molecule has 2 heterocycles. The summed E-state index contributed by atoms with van der Waals surface area (Å²) in [6.07, 6.45) is 2.26. The highest BCUT2D eigenvalue weighted by Gasteiger charge is 2.23. The molecule has 0 bridgehead atoms. The van der Waals surface area contributed by atoms with E-state index in [1.165, 1.54) is 0 Å². The fourth-order valence-electron chi connectivity index (χ4n) is 2.04. The Morgan fingerprint density at radius 1 is 1.53 bits per heavy atom. The van der Waals surface area contributed by atoms with Crippen LogP contribution in [0.5, 0.6) is 0 Å². The minimum atomic E-state index is 0.0187. The van der Waals surface area contributed by atoms with Gasteiger partial charge in [0.15, 0.2) is 0 Å². The second-order valence-electron chi connectivity index (χ2n) is 4.21. The summed E-state index contributed by atoms with van der Waals surface area (Å²) in [5, 5.41) is 0. The third kappa shape index (κ3) is 2.55. The summed E-state index contributed by atoms with van der Waals surface area (Å²) >= 11 is 0. The summed E-state index contributed by atoms with van der Waals surface area (Å²) in [4.78, 5) is 4.47. The lowest BCUT2D eigenvalue weighted by molar-refractivity contribution is 0.0442. The molecule has 3 nitrogen and oxygen atoms in total. The molecule has 15 heavy (non-hydrogen) atoms. The SMILES string of the molecule is Cc1cccc(C(N)C2CCCOC2)n1. The molecule has 0 aromatic carbocycles. The van der Waals surface area contributed by atoms with Gasteiger partial charge in [-0.15, -0.1) is 0 Å². The first-order valence-corrected chi connectivity index (χ1v) is 5.54. The summed E-state index contributed by atoms with van der Waals surface area (Å²) in [6.45, 7) is 3.65. The predicted molar refractivity (Wildman–Crippen MR) is 59.4 cm³/mol. The molecule has 0 radical (unpaired) electrons. The van der Waals surface area contributed by atoms with Gasteiger partial charge in [0.1, 0.15) is 0 Å². The highest BCUT2D eigenvalue weighted by Crippen LogP contribution is 2.25. The zero-order chi connectivity index (χ0) is 10.7. The van der Waals surface area contributed by atoms with Gasteiger partial charge < -0.3 is 10.5 Å². The molecule has 1 aromatic rings. The van der Waals surface area contributed by atoms with Crippen LogP contribution >= 0.6 is 0 Å². The van der Waals surface area contributed by atoms with Crippen LogP contribution < -0.4 is 5.73 Å². The number of nitrogens with two attached hydrogens (primary N) is 1. The fourth-order valence-corrected chi connectivity index (χ4v) is 2.04. The molecule has 0 saturated carbocycles. The van der Waals surface area contributed by atoms with Crippen LogP contribution in [-0.2, 0) is 4.74 Å². The van der Waals surface area contributed by atoms with Crippen LogP contribution in [0, 0.1) is 12.8 Å². The number of nitrogens with zero attached hydrogens (tertiary/aromatic N) is 1. The third-order valence-corrected chi connectivity index (χ3v) is 2.95. The van der Waals surface area contributed by atoms with Gasteiger partial charge in [0.25, 0.3) is 0 Å². The van der Waals surface area contributed by atoms with E-state index in [1.807, 2.05) is 25.1 Å². The van der Waals surface area contributed by atoms with Crippen molar-refractivity contribution in [3.8, 4) is 0 Å². The molecule has 0 aliphatic carbocycles. The van der Waals surface area contributed by atoms with Crippen LogP contribution in [-0.4, -0.2) is 18.2 Å². The molecule has 1 fully saturated rings. The zero-order valence-electron chi connectivity index (χ0n) is 9.15. The Labute approximate surface area is 90.7 Å². The maximum atomic E-state index is 6.20. The molecule has 1 aliphatic heterocycles. The van der Waals surface area contributed by atoms with Crippen LogP contribution in [0.2, 0.25) is 0 Å². The van der Waals surface area contributed by atoms with Crippen LogP contribution in [0.4, 0.5) is 0 Å². The average molecular weight is 206 g/mol. The fraction of sp³-hybridized carbons (Fsp3) is 0.583. The normalized spacial score (nSPS) is 23.7. The number of aromatic nitrogens is 1. The quantitative estimate of drug-likeness (QED) is 0.803. The smallest absolute Gasteiger partial charge is 0.0577 e. The second kappa shape index (κ2) is 4.73. The van der Waals surface area contributed by atoms with E-state index in [9.17, 15) is 0 Å². The lowest BCUT2D eigenvalue weighted by Gasteiger charge is -2.27. The largest absolute Gasteiger partial charge is 0.381 e. The molecule has 2 N–H and O–H groups in total. The molecule has 3 heteroatoms. The summed E-state index contributed by atoms with van der Waals surface area (Å²) in [6, 6.07) is 6.03. The van der Waals surface area contributed by atoms with E-state index in [2.05, 4.69) is 4.98 Å². The average Bonchev–Trinajstić information content (AvgIpc) is 2.29. The van der Waals surface area contributed by atoms with Gasteiger partial charge in [0, 0.05) is 18.2 Å². The highest BCUT2D eigenvalue weighted by atomic mass is 16.5. The van der Waals surface area contributed by atoms with Gasteiger partial charge >= 0.3 is 0 Å². The van der Waals surface area contributed by atoms with Crippen LogP contribution in [0.15, 0.2) is 18.2 Å². The van der Waals surface area contributed by atoms with E-state index >= 15 is 0 Å². The van der Waals surface area contributed by atoms with E-state index in [1.54, 1.807) is 0 Å². The van der Waals surface area contributed by atoms with Crippen molar-refractivity contribution in [2.75, 3.05) is 13.2 Å². The third-order valence-electron chi connectivity index (χ3n) is 2.95. The van der Waals surface area contributed by atoms with Crippen LogP contribution in [0.1, 0.15) is 30.3 Å². The molecule has 82 valence electrons. The lowest BCUT2D eigenvalue weighted by atomic mass is 9.92. The summed E-state index contributed by atoms with van der Waals surface area (Å²) in [5.41, 5.74) is 8.21.